The summed E-state index contributed by atoms with van der Waals surface area (Å²) in [7, 11) is 0. The number of aryl methyl sites for hydroxylation is 1. The summed E-state index contributed by atoms with van der Waals surface area (Å²) in [6.07, 6.45) is 1.48. The van der Waals surface area contributed by atoms with Gasteiger partial charge in [0.1, 0.15) is 17.4 Å². The first kappa shape index (κ1) is 22.8. The Hall–Kier alpha value is -3.89. The van der Waals surface area contributed by atoms with Gasteiger partial charge in [0.15, 0.2) is 6.61 Å². The van der Waals surface area contributed by atoms with Crippen molar-refractivity contribution in [1.29, 1.82) is 5.26 Å². The van der Waals surface area contributed by atoms with Crippen LogP contribution in [0.5, 0.6) is 5.75 Å². The zero-order chi connectivity index (χ0) is 22.9. The zero-order valence-electron chi connectivity index (χ0n) is 17.3. The summed E-state index contributed by atoms with van der Waals surface area (Å²) < 4.78 is 6.18. The van der Waals surface area contributed by atoms with Crippen molar-refractivity contribution in [1.82, 2.24) is 0 Å². The molecule has 2 N–H and O–H groups in total. The Kier molecular flexibility index (Phi) is 7.79. The van der Waals surface area contributed by atoms with Crippen LogP contribution in [0.4, 0.5) is 11.4 Å². The van der Waals surface area contributed by atoms with E-state index in [-0.39, 0.29) is 18.1 Å². The van der Waals surface area contributed by atoms with Crippen LogP contribution in [0.25, 0.3) is 6.08 Å². The predicted octanol–water partition coefficient (Wildman–Crippen LogP) is 5.32. The first-order chi connectivity index (χ1) is 15.4. The van der Waals surface area contributed by atoms with Gasteiger partial charge in [0.2, 0.25) is 0 Å². The molecule has 0 heterocycles. The molecule has 0 radical (unpaired) electrons. The summed E-state index contributed by atoms with van der Waals surface area (Å²) in [5.41, 5.74) is 3.00. The molecule has 0 unspecified atom stereocenters. The largest absolute Gasteiger partial charge is 0.483 e. The molecule has 0 saturated heterocycles. The second-order valence-electron chi connectivity index (χ2n) is 6.88. The van der Waals surface area contributed by atoms with Crippen molar-refractivity contribution >= 4 is 45.2 Å². The maximum atomic E-state index is 12.4. The standard InChI is InChI=1S/C25H20BrN3O3/c1-17-7-10-21(11-8-17)28-24(30)16-32-23-12-9-18(14-22(23)26)13-19(15-27)25(31)29-20-5-3-2-4-6-20/h2-14H,16H2,1H3,(H,28,30)(H,29,31)/b19-13+. The molecule has 3 rings (SSSR count). The molecule has 2 amide bonds. The van der Waals surface area contributed by atoms with E-state index in [4.69, 9.17) is 4.74 Å². The zero-order valence-corrected chi connectivity index (χ0v) is 18.8. The molecule has 0 bridgehead atoms. The third-order valence-electron chi connectivity index (χ3n) is 4.36. The quantitative estimate of drug-likeness (QED) is 0.347. The third-order valence-corrected chi connectivity index (χ3v) is 4.98. The van der Waals surface area contributed by atoms with E-state index in [0.29, 0.717) is 27.2 Å². The van der Waals surface area contributed by atoms with Crippen molar-refractivity contribution < 1.29 is 14.3 Å². The molecule has 0 aliphatic carbocycles. The molecular formula is C25H20BrN3O3. The van der Waals surface area contributed by atoms with Gasteiger partial charge in [0.25, 0.3) is 11.8 Å². The van der Waals surface area contributed by atoms with Gasteiger partial charge in [-0.15, -0.1) is 0 Å². The number of ether oxygens (including phenoxy) is 1. The third kappa shape index (κ3) is 6.56. The van der Waals surface area contributed by atoms with Gasteiger partial charge in [-0.25, -0.2) is 0 Å². The van der Waals surface area contributed by atoms with Crippen LogP contribution in [0.1, 0.15) is 11.1 Å². The van der Waals surface area contributed by atoms with Crippen LogP contribution in [0, 0.1) is 18.3 Å². The van der Waals surface area contributed by atoms with Crippen LogP contribution in [0.2, 0.25) is 0 Å². The fraction of sp³-hybridized carbons (Fsp3) is 0.0800. The van der Waals surface area contributed by atoms with Crippen LogP contribution in [0.15, 0.2) is 82.8 Å². The number of halogens is 1. The fourth-order valence-electron chi connectivity index (χ4n) is 2.74. The number of rotatable bonds is 7. The monoisotopic (exact) mass is 489 g/mol. The molecule has 0 saturated carbocycles. The van der Waals surface area contributed by atoms with Gasteiger partial charge in [0, 0.05) is 11.4 Å². The van der Waals surface area contributed by atoms with E-state index in [2.05, 4.69) is 26.6 Å². The van der Waals surface area contributed by atoms with Crippen LogP contribution < -0.4 is 15.4 Å². The van der Waals surface area contributed by atoms with E-state index in [0.717, 1.165) is 5.56 Å². The van der Waals surface area contributed by atoms with Gasteiger partial charge in [-0.3, -0.25) is 9.59 Å². The van der Waals surface area contributed by atoms with Crippen molar-refractivity contribution in [3.8, 4) is 11.8 Å². The number of hydrogen-bond acceptors (Lipinski definition) is 4. The Morgan fingerprint density at radius 2 is 1.69 bits per heavy atom. The summed E-state index contributed by atoms with van der Waals surface area (Å²) in [6, 6.07) is 23.4. The van der Waals surface area contributed by atoms with E-state index in [9.17, 15) is 14.9 Å². The van der Waals surface area contributed by atoms with Crippen LogP contribution in [-0.2, 0) is 9.59 Å². The Morgan fingerprint density at radius 1 is 1.00 bits per heavy atom. The van der Waals surface area contributed by atoms with E-state index < -0.39 is 5.91 Å². The molecule has 32 heavy (non-hydrogen) atoms. The molecule has 0 aliphatic heterocycles. The van der Waals surface area contributed by atoms with Crippen molar-refractivity contribution in [2.45, 2.75) is 6.92 Å². The minimum atomic E-state index is -0.497. The van der Waals surface area contributed by atoms with E-state index in [1.165, 1.54) is 6.08 Å². The SMILES string of the molecule is Cc1ccc(NC(=O)COc2ccc(/C=C(\C#N)C(=O)Nc3ccccc3)cc2Br)cc1. The summed E-state index contributed by atoms with van der Waals surface area (Å²) in [4.78, 5) is 24.5. The minimum absolute atomic E-state index is 0.0353. The molecule has 0 aliphatic rings. The number of nitriles is 1. The van der Waals surface area contributed by atoms with Gasteiger partial charge in [-0.1, -0.05) is 42.0 Å². The van der Waals surface area contributed by atoms with Gasteiger partial charge in [0.05, 0.1) is 4.47 Å². The van der Waals surface area contributed by atoms with E-state index in [1.54, 1.807) is 42.5 Å². The van der Waals surface area contributed by atoms with Crippen molar-refractivity contribution in [3.05, 3.63) is 94.0 Å². The number of nitrogens with one attached hydrogen (secondary N) is 2. The lowest BCUT2D eigenvalue weighted by Gasteiger charge is -2.10. The maximum absolute atomic E-state index is 12.4. The molecule has 0 spiro atoms. The van der Waals surface area contributed by atoms with E-state index in [1.807, 2.05) is 43.3 Å². The highest BCUT2D eigenvalue weighted by molar-refractivity contribution is 9.10. The van der Waals surface area contributed by atoms with Gasteiger partial charge < -0.3 is 15.4 Å². The molecule has 0 atom stereocenters. The molecule has 7 heteroatoms. The average Bonchev–Trinajstić information content (AvgIpc) is 2.79. The summed E-state index contributed by atoms with van der Waals surface area (Å²) >= 11 is 3.41. The fourth-order valence-corrected chi connectivity index (χ4v) is 3.25. The number of benzene rings is 3. The van der Waals surface area contributed by atoms with E-state index >= 15 is 0 Å². The molecule has 3 aromatic carbocycles. The number of carbonyl (C=O) groups excluding carboxylic acids is 2. The highest BCUT2D eigenvalue weighted by atomic mass is 79.9. The number of anilines is 2. The topological polar surface area (TPSA) is 91.2 Å². The number of hydrogen-bond donors (Lipinski definition) is 2. The molecule has 6 nitrogen and oxygen atoms in total. The lowest BCUT2D eigenvalue weighted by atomic mass is 10.1. The number of nitrogens with zero attached hydrogens (tertiary/aromatic N) is 1. The van der Waals surface area contributed by atoms with Gasteiger partial charge >= 0.3 is 0 Å². The van der Waals surface area contributed by atoms with Crippen LogP contribution in [-0.4, -0.2) is 18.4 Å². The van der Waals surface area contributed by atoms with Crippen molar-refractivity contribution in [3.63, 3.8) is 0 Å². The lowest BCUT2D eigenvalue weighted by molar-refractivity contribution is -0.118. The first-order valence-electron chi connectivity index (χ1n) is 9.71. The van der Waals surface area contributed by atoms with Crippen LogP contribution >= 0.6 is 15.9 Å². The highest BCUT2D eigenvalue weighted by Gasteiger charge is 2.11. The Morgan fingerprint density at radius 3 is 2.34 bits per heavy atom. The Bertz CT molecular complexity index is 1180. The normalized spacial score (nSPS) is 10.7. The number of para-hydroxylation sites is 1. The molecule has 0 aromatic heterocycles. The van der Waals surface area contributed by atoms with Crippen molar-refractivity contribution in [2.24, 2.45) is 0 Å². The number of amides is 2. The number of carbonyl (C=O) groups is 2. The molecule has 3 aromatic rings. The lowest BCUT2D eigenvalue weighted by Crippen LogP contribution is -2.20. The maximum Gasteiger partial charge on any atom is 0.266 e. The summed E-state index contributed by atoms with van der Waals surface area (Å²) in [6.45, 7) is 1.81. The highest BCUT2D eigenvalue weighted by Crippen LogP contribution is 2.27. The summed E-state index contributed by atoms with van der Waals surface area (Å²) in [5.74, 6) is -0.314. The second kappa shape index (κ2) is 10.9. The van der Waals surface area contributed by atoms with Crippen LogP contribution in [0.3, 0.4) is 0 Å². The Labute approximate surface area is 194 Å². The predicted molar refractivity (Wildman–Crippen MR) is 128 cm³/mol. The van der Waals surface area contributed by atoms with Gasteiger partial charge in [-0.05, 0) is 70.9 Å². The molecule has 160 valence electrons. The molecular weight excluding hydrogens is 470 g/mol. The van der Waals surface area contributed by atoms with Crippen molar-refractivity contribution in [2.75, 3.05) is 17.2 Å². The summed E-state index contributed by atoms with van der Waals surface area (Å²) in [5, 5.41) is 14.8. The minimum Gasteiger partial charge on any atom is -0.483 e. The molecule has 0 fully saturated rings. The average molecular weight is 490 g/mol. The van der Waals surface area contributed by atoms with Gasteiger partial charge in [-0.2, -0.15) is 5.26 Å². The first-order valence-corrected chi connectivity index (χ1v) is 10.5. The second-order valence-corrected chi connectivity index (χ2v) is 7.74. The Balaban J connectivity index is 1.62. The smallest absolute Gasteiger partial charge is 0.266 e.